The molecule has 0 aliphatic heterocycles. The summed E-state index contributed by atoms with van der Waals surface area (Å²) in [4.78, 5) is 35.3. The third-order valence-corrected chi connectivity index (χ3v) is 15.7. The molecule has 0 bridgehead atoms. The smallest absolute Gasteiger partial charge is 0.462 e. The van der Waals surface area contributed by atoms with Gasteiger partial charge in [-0.25, -0.2) is 4.57 Å². The van der Waals surface area contributed by atoms with Gasteiger partial charge in [-0.2, -0.15) is 0 Å². The first-order valence-electron chi connectivity index (χ1n) is 34.1. The molecule has 0 spiro atoms. The third kappa shape index (κ3) is 66.2. The average molecular weight is 1150 g/mol. The van der Waals surface area contributed by atoms with Crippen molar-refractivity contribution in [1.29, 1.82) is 0 Å². The number of phosphoric acid groups is 1. The maximum absolute atomic E-state index is 12.7. The van der Waals surface area contributed by atoms with Gasteiger partial charge in [0.05, 0.1) is 13.2 Å². The highest BCUT2D eigenvalue weighted by Gasteiger charge is 2.26. The first-order chi connectivity index (χ1) is 39.8. The highest BCUT2D eigenvalue weighted by molar-refractivity contribution is 7.47. The summed E-state index contributed by atoms with van der Waals surface area (Å²) in [7, 11) is -4.40. The monoisotopic (exact) mass is 1150 g/mol. The van der Waals surface area contributed by atoms with Crippen molar-refractivity contribution >= 4 is 19.8 Å². The molecule has 0 aromatic rings. The molecule has 9 nitrogen and oxygen atoms in total. The van der Waals surface area contributed by atoms with E-state index in [1.54, 1.807) is 0 Å². The van der Waals surface area contributed by atoms with Crippen LogP contribution in [0.25, 0.3) is 0 Å². The van der Waals surface area contributed by atoms with Crippen molar-refractivity contribution < 1.29 is 37.6 Å². The van der Waals surface area contributed by atoms with Crippen molar-refractivity contribution in [3.05, 3.63) is 85.1 Å². The number of hydrogen-bond donors (Lipinski definition) is 2. The van der Waals surface area contributed by atoms with Crippen molar-refractivity contribution in [3.8, 4) is 0 Å². The molecule has 470 valence electrons. The van der Waals surface area contributed by atoms with E-state index < -0.39 is 26.5 Å². The molecule has 0 heterocycles. The summed E-state index contributed by atoms with van der Waals surface area (Å²) in [6.45, 7) is 3.65. The number of carbonyl (C=O) groups is 2. The van der Waals surface area contributed by atoms with Gasteiger partial charge in [0.1, 0.15) is 6.61 Å². The van der Waals surface area contributed by atoms with Gasteiger partial charge in [-0.1, -0.05) is 304 Å². The van der Waals surface area contributed by atoms with Gasteiger partial charge in [-0.3, -0.25) is 18.6 Å². The lowest BCUT2D eigenvalue weighted by atomic mass is 10.0. The molecule has 0 saturated heterocycles. The minimum Gasteiger partial charge on any atom is -0.462 e. The van der Waals surface area contributed by atoms with E-state index in [1.807, 2.05) is 0 Å². The quantitative estimate of drug-likeness (QED) is 0.0264. The average Bonchev–Trinajstić information content (AvgIpc) is 3.46. The highest BCUT2D eigenvalue weighted by atomic mass is 31.2. The fourth-order valence-electron chi connectivity index (χ4n) is 9.76. The van der Waals surface area contributed by atoms with E-state index in [9.17, 15) is 19.0 Å². The largest absolute Gasteiger partial charge is 0.472 e. The molecule has 2 atom stereocenters. The van der Waals surface area contributed by atoms with Crippen LogP contribution in [0.15, 0.2) is 85.1 Å². The number of ether oxygens (including phenoxy) is 2. The molecule has 81 heavy (non-hydrogen) atoms. The number of nitrogens with two attached hydrogens (primary N) is 1. The number of hydrogen-bond acceptors (Lipinski definition) is 8. The zero-order valence-corrected chi connectivity index (χ0v) is 53.7. The van der Waals surface area contributed by atoms with Gasteiger partial charge >= 0.3 is 19.8 Å². The third-order valence-electron chi connectivity index (χ3n) is 14.8. The van der Waals surface area contributed by atoms with E-state index in [2.05, 4.69) is 98.9 Å². The van der Waals surface area contributed by atoms with Crippen molar-refractivity contribution in [2.24, 2.45) is 5.73 Å². The van der Waals surface area contributed by atoms with Gasteiger partial charge in [-0.15, -0.1) is 0 Å². The van der Waals surface area contributed by atoms with Crippen LogP contribution in [0.3, 0.4) is 0 Å². The molecular formula is C71H128NO8P. The Morgan fingerprint density at radius 1 is 0.383 bits per heavy atom. The molecule has 2 unspecified atom stereocenters. The van der Waals surface area contributed by atoms with Crippen LogP contribution >= 0.6 is 7.82 Å². The molecule has 0 radical (unpaired) electrons. The zero-order chi connectivity index (χ0) is 58.7. The van der Waals surface area contributed by atoms with Gasteiger partial charge in [0.25, 0.3) is 0 Å². The lowest BCUT2D eigenvalue weighted by molar-refractivity contribution is -0.161. The summed E-state index contributed by atoms with van der Waals surface area (Å²) in [6.07, 6.45) is 88.2. The van der Waals surface area contributed by atoms with E-state index in [4.69, 9.17) is 24.3 Å². The number of rotatable bonds is 64. The van der Waals surface area contributed by atoms with Crippen LogP contribution in [-0.2, 0) is 32.7 Å². The summed E-state index contributed by atoms with van der Waals surface area (Å²) in [5, 5.41) is 0. The maximum atomic E-state index is 12.7. The van der Waals surface area contributed by atoms with Gasteiger partial charge in [0, 0.05) is 19.4 Å². The maximum Gasteiger partial charge on any atom is 0.472 e. The first kappa shape index (κ1) is 78.2. The Morgan fingerprint density at radius 3 is 1.02 bits per heavy atom. The molecule has 10 heteroatoms. The Kier molecular flexibility index (Phi) is 64.0. The van der Waals surface area contributed by atoms with Crippen LogP contribution < -0.4 is 5.73 Å². The molecule has 3 N–H and O–H groups in total. The minimum atomic E-state index is -4.40. The standard InChI is InChI=1S/C71H128NO8P/c1-3-5-7-9-11-13-15-17-19-21-23-25-27-29-30-31-32-33-34-35-36-37-38-40-41-43-45-47-49-51-53-55-57-59-61-63-70(73)77-67-69(68-79-81(75,76)78-66-65-72)80-71(74)64-62-60-58-56-54-52-50-48-46-44-42-39-28-26-24-22-20-18-16-14-12-10-8-6-4-2/h6,8,12,14,18,20-21,23-24,26,39,42,46,48,69H,3-5,7,9-11,13,15-17,19,22,25,27-38,40-41,43-45,47,49-68,72H2,1-2H3,(H,75,76)/b8-6-,14-12-,20-18-,23-21-,26-24-,42-39-,48-46-. The fraction of sp³-hybridized carbons (Fsp3) is 0.775. The van der Waals surface area contributed by atoms with Crippen LogP contribution in [0.5, 0.6) is 0 Å². The molecular weight excluding hydrogens is 1030 g/mol. The normalized spacial score (nSPS) is 13.5. The topological polar surface area (TPSA) is 134 Å². The number of unbranched alkanes of at least 4 members (excludes halogenated alkanes) is 37. The second-order valence-corrected chi connectivity index (χ2v) is 24.1. The van der Waals surface area contributed by atoms with Crippen LogP contribution in [-0.4, -0.2) is 49.3 Å². The van der Waals surface area contributed by atoms with Gasteiger partial charge in [-0.05, 0) is 89.9 Å². The lowest BCUT2D eigenvalue weighted by Gasteiger charge is -2.19. The summed E-state index contributed by atoms with van der Waals surface area (Å²) in [6, 6.07) is 0. The number of carbonyl (C=O) groups excluding carboxylic acids is 2. The van der Waals surface area contributed by atoms with Gasteiger partial charge < -0.3 is 20.1 Å². The first-order valence-corrected chi connectivity index (χ1v) is 35.6. The summed E-state index contributed by atoms with van der Waals surface area (Å²) < 4.78 is 33.1. The lowest BCUT2D eigenvalue weighted by Crippen LogP contribution is -2.29. The second kappa shape index (κ2) is 66.3. The van der Waals surface area contributed by atoms with Crippen molar-refractivity contribution in [2.75, 3.05) is 26.4 Å². The van der Waals surface area contributed by atoms with Crippen LogP contribution in [0.1, 0.15) is 322 Å². The van der Waals surface area contributed by atoms with E-state index in [1.165, 1.54) is 193 Å². The highest BCUT2D eigenvalue weighted by Crippen LogP contribution is 2.43. The molecule has 0 aromatic heterocycles. The predicted molar refractivity (Wildman–Crippen MR) is 349 cm³/mol. The number of esters is 2. The molecule has 0 aliphatic carbocycles. The second-order valence-electron chi connectivity index (χ2n) is 22.7. The van der Waals surface area contributed by atoms with Gasteiger partial charge in [0.2, 0.25) is 0 Å². The predicted octanol–water partition coefficient (Wildman–Crippen LogP) is 22.2. The number of phosphoric ester groups is 1. The Bertz CT molecular complexity index is 1600. The molecule has 0 rings (SSSR count). The zero-order valence-electron chi connectivity index (χ0n) is 52.8. The van der Waals surface area contributed by atoms with Crippen LogP contribution in [0, 0.1) is 0 Å². The van der Waals surface area contributed by atoms with Crippen LogP contribution in [0.2, 0.25) is 0 Å². The van der Waals surface area contributed by atoms with E-state index in [0.717, 1.165) is 96.3 Å². The Morgan fingerprint density at radius 2 is 0.679 bits per heavy atom. The van der Waals surface area contributed by atoms with Crippen molar-refractivity contribution in [2.45, 2.75) is 328 Å². The molecule has 0 aliphatic rings. The molecule has 0 amide bonds. The van der Waals surface area contributed by atoms with Crippen molar-refractivity contribution in [1.82, 2.24) is 0 Å². The van der Waals surface area contributed by atoms with E-state index in [0.29, 0.717) is 6.42 Å². The fourth-order valence-corrected chi connectivity index (χ4v) is 10.5. The molecule has 0 saturated carbocycles. The SMILES string of the molecule is CC/C=C\C/C=C\C/C=C\C/C=C\C/C=C\C/C=C\CCCCCCCCC(=O)OC(COC(=O)CCCCCCCCCCCCCCCCCCCCCCCCC/C=C\CCCCCCCCCC)COP(=O)(O)OCCN. The summed E-state index contributed by atoms with van der Waals surface area (Å²) in [5.74, 6) is -0.836. The van der Waals surface area contributed by atoms with E-state index in [-0.39, 0.29) is 38.6 Å². The minimum absolute atomic E-state index is 0.0480. The molecule has 0 aromatic carbocycles. The Labute approximate surface area is 500 Å². The van der Waals surface area contributed by atoms with Crippen LogP contribution in [0.4, 0.5) is 0 Å². The summed E-state index contributed by atoms with van der Waals surface area (Å²) in [5.41, 5.74) is 5.39. The Balaban J connectivity index is 3.87. The summed E-state index contributed by atoms with van der Waals surface area (Å²) >= 11 is 0. The van der Waals surface area contributed by atoms with E-state index >= 15 is 0 Å². The van der Waals surface area contributed by atoms with Crippen molar-refractivity contribution in [3.63, 3.8) is 0 Å². The molecule has 0 fully saturated rings. The van der Waals surface area contributed by atoms with Gasteiger partial charge in [0.15, 0.2) is 6.10 Å². The number of allylic oxidation sites excluding steroid dienone is 14. The Hall–Kier alpha value is -2.81.